The van der Waals surface area contributed by atoms with Crippen LogP contribution < -0.4 is 10.2 Å². The van der Waals surface area contributed by atoms with Crippen LogP contribution in [0.2, 0.25) is 10.0 Å². The number of anilines is 2. The third-order valence-corrected chi connectivity index (χ3v) is 6.40. The molecule has 2 amide bonds. The number of hydrogen-bond acceptors (Lipinski definition) is 3. The number of rotatable bonds is 4. The molecule has 0 radical (unpaired) electrons. The van der Waals surface area contributed by atoms with Gasteiger partial charge in [0.25, 0.3) is 5.91 Å². The van der Waals surface area contributed by atoms with Gasteiger partial charge in [0.15, 0.2) is 0 Å². The van der Waals surface area contributed by atoms with Gasteiger partial charge >= 0.3 is 0 Å². The fourth-order valence-corrected chi connectivity index (χ4v) is 4.90. The Balaban J connectivity index is 1.62. The van der Waals surface area contributed by atoms with Crippen molar-refractivity contribution in [2.75, 3.05) is 16.0 Å². The largest absolute Gasteiger partial charge is 0.322 e. The minimum absolute atomic E-state index is 0.123. The summed E-state index contributed by atoms with van der Waals surface area (Å²) in [4.78, 5) is 26.3. The first-order valence-electron chi connectivity index (χ1n) is 9.08. The molecule has 1 N–H and O–H groups in total. The molecule has 1 saturated heterocycles. The number of thioether (sulfide) groups is 1. The Hall–Kier alpha value is -2.61. The van der Waals surface area contributed by atoms with Crippen LogP contribution in [0.25, 0.3) is 0 Å². The van der Waals surface area contributed by atoms with E-state index < -0.39 is 22.9 Å². The maximum atomic E-state index is 14.3. The van der Waals surface area contributed by atoms with Gasteiger partial charge in [-0.1, -0.05) is 35.3 Å². The van der Waals surface area contributed by atoms with Crippen LogP contribution in [0.15, 0.2) is 60.7 Å². The van der Waals surface area contributed by atoms with Gasteiger partial charge < -0.3 is 5.32 Å². The van der Waals surface area contributed by atoms with Crippen molar-refractivity contribution in [2.24, 2.45) is 0 Å². The van der Waals surface area contributed by atoms with Gasteiger partial charge in [0, 0.05) is 16.8 Å². The minimum Gasteiger partial charge on any atom is -0.322 e. The standard InChI is InChI=1S/C22H14Cl2F2N2O2S/c23-13-4-6-16(17(24)9-13)21(30)27-15-3-1-2-12(8-15)22-28(20(29)11-31-22)19-10-14(25)5-7-18(19)26/h1-10,22H,11H2,(H,27,30). The lowest BCUT2D eigenvalue weighted by molar-refractivity contribution is -0.115. The van der Waals surface area contributed by atoms with E-state index in [1.807, 2.05) is 0 Å². The van der Waals surface area contributed by atoms with Crippen LogP contribution in [0, 0.1) is 11.6 Å². The average molecular weight is 479 g/mol. The minimum atomic E-state index is -0.691. The molecule has 0 bridgehead atoms. The summed E-state index contributed by atoms with van der Waals surface area (Å²) in [6.45, 7) is 0. The van der Waals surface area contributed by atoms with Crippen LogP contribution in [0.5, 0.6) is 0 Å². The van der Waals surface area contributed by atoms with Crippen LogP contribution in [-0.2, 0) is 4.79 Å². The van der Waals surface area contributed by atoms with Crippen molar-refractivity contribution < 1.29 is 18.4 Å². The van der Waals surface area contributed by atoms with Gasteiger partial charge in [0.2, 0.25) is 5.91 Å². The Kier molecular flexibility index (Phi) is 6.18. The summed E-state index contributed by atoms with van der Waals surface area (Å²) in [5, 5.41) is 2.81. The highest BCUT2D eigenvalue weighted by Crippen LogP contribution is 2.43. The quantitative estimate of drug-likeness (QED) is 0.478. The molecular formula is C22H14Cl2F2N2O2S. The molecule has 0 saturated carbocycles. The first kappa shape index (κ1) is 21.6. The predicted molar refractivity (Wildman–Crippen MR) is 120 cm³/mol. The molecule has 4 nitrogen and oxygen atoms in total. The molecule has 4 rings (SSSR count). The maximum absolute atomic E-state index is 14.3. The van der Waals surface area contributed by atoms with E-state index in [9.17, 15) is 18.4 Å². The molecule has 3 aromatic rings. The van der Waals surface area contributed by atoms with E-state index in [1.165, 1.54) is 28.8 Å². The lowest BCUT2D eigenvalue weighted by Gasteiger charge is -2.25. The SMILES string of the molecule is O=C(Nc1cccc(C2SCC(=O)N2c2cc(F)ccc2F)c1)c1ccc(Cl)cc1Cl. The van der Waals surface area contributed by atoms with Crippen LogP contribution in [0.1, 0.15) is 21.3 Å². The van der Waals surface area contributed by atoms with Gasteiger partial charge in [-0.05, 0) is 48.0 Å². The second-order valence-electron chi connectivity index (χ2n) is 6.73. The Morgan fingerprint density at radius 3 is 2.65 bits per heavy atom. The van der Waals surface area contributed by atoms with Crippen LogP contribution >= 0.6 is 35.0 Å². The van der Waals surface area contributed by atoms with E-state index in [-0.39, 0.29) is 27.9 Å². The number of hydrogen-bond donors (Lipinski definition) is 1. The van der Waals surface area contributed by atoms with Crippen molar-refractivity contribution in [3.63, 3.8) is 0 Å². The number of halogens is 4. The molecule has 1 fully saturated rings. The molecule has 158 valence electrons. The number of nitrogens with one attached hydrogen (secondary N) is 1. The van der Waals surface area contributed by atoms with Gasteiger partial charge in [-0.25, -0.2) is 8.78 Å². The second-order valence-corrected chi connectivity index (χ2v) is 8.64. The van der Waals surface area contributed by atoms with Crippen molar-refractivity contribution in [1.82, 2.24) is 0 Å². The molecule has 1 aliphatic heterocycles. The molecule has 0 spiro atoms. The predicted octanol–water partition coefficient (Wildman–Crippen LogP) is 6.30. The normalized spacial score (nSPS) is 15.9. The lowest BCUT2D eigenvalue weighted by Crippen LogP contribution is -2.28. The third kappa shape index (κ3) is 4.54. The molecular weight excluding hydrogens is 465 g/mol. The van der Waals surface area contributed by atoms with Gasteiger partial charge in [-0.2, -0.15) is 0 Å². The van der Waals surface area contributed by atoms with Crippen molar-refractivity contribution in [3.05, 3.63) is 93.5 Å². The molecule has 0 aliphatic carbocycles. The molecule has 1 heterocycles. The van der Waals surface area contributed by atoms with E-state index in [1.54, 1.807) is 30.3 Å². The first-order valence-corrected chi connectivity index (χ1v) is 10.9. The Labute approximate surface area is 191 Å². The molecule has 1 unspecified atom stereocenters. The number of carbonyl (C=O) groups is 2. The number of carbonyl (C=O) groups excluding carboxylic acids is 2. The molecule has 9 heteroatoms. The number of amides is 2. The topological polar surface area (TPSA) is 49.4 Å². The van der Waals surface area contributed by atoms with E-state index >= 15 is 0 Å². The fraction of sp³-hybridized carbons (Fsp3) is 0.0909. The average Bonchev–Trinajstić information content (AvgIpc) is 3.11. The second kappa shape index (κ2) is 8.86. The Morgan fingerprint density at radius 2 is 1.87 bits per heavy atom. The van der Waals surface area contributed by atoms with E-state index in [0.29, 0.717) is 16.3 Å². The Morgan fingerprint density at radius 1 is 1.06 bits per heavy atom. The van der Waals surface area contributed by atoms with E-state index in [0.717, 1.165) is 18.2 Å². The molecule has 1 atom stereocenters. The monoisotopic (exact) mass is 478 g/mol. The van der Waals surface area contributed by atoms with Crippen LogP contribution in [0.4, 0.5) is 20.2 Å². The zero-order chi connectivity index (χ0) is 22.1. The van der Waals surface area contributed by atoms with Gasteiger partial charge in [0.1, 0.15) is 17.0 Å². The number of benzene rings is 3. The molecule has 1 aliphatic rings. The maximum Gasteiger partial charge on any atom is 0.257 e. The summed E-state index contributed by atoms with van der Waals surface area (Å²) in [5.41, 5.74) is 1.25. The highest BCUT2D eigenvalue weighted by atomic mass is 35.5. The first-order chi connectivity index (χ1) is 14.8. The molecule has 3 aromatic carbocycles. The zero-order valence-corrected chi connectivity index (χ0v) is 18.1. The van der Waals surface area contributed by atoms with Crippen molar-refractivity contribution >= 4 is 58.2 Å². The lowest BCUT2D eigenvalue weighted by atomic mass is 10.1. The summed E-state index contributed by atoms with van der Waals surface area (Å²) in [6, 6.07) is 14.4. The summed E-state index contributed by atoms with van der Waals surface area (Å²) in [5.74, 6) is -1.97. The van der Waals surface area contributed by atoms with Crippen molar-refractivity contribution in [3.8, 4) is 0 Å². The van der Waals surface area contributed by atoms with Crippen LogP contribution in [-0.4, -0.2) is 17.6 Å². The highest BCUT2D eigenvalue weighted by Gasteiger charge is 2.36. The van der Waals surface area contributed by atoms with Crippen molar-refractivity contribution in [1.29, 1.82) is 0 Å². The highest BCUT2D eigenvalue weighted by molar-refractivity contribution is 8.00. The van der Waals surface area contributed by atoms with Gasteiger partial charge in [0.05, 0.1) is 22.0 Å². The summed E-state index contributed by atoms with van der Waals surface area (Å²) < 4.78 is 28.0. The summed E-state index contributed by atoms with van der Waals surface area (Å²) in [7, 11) is 0. The van der Waals surface area contributed by atoms with Gasteiger partial charge in [-0.3, -0.25) is 14.5 Å². The zero-order valence-electron chi connectivity index (χ0n) is 15.7. The molecule has 31 heavy (non-hydrogen) atoms. The fourth-order valence-electron chi connectivity index (χ4n) is 3.24. The van der Waals surface area contributed by atoms with E-state index in [2.05, 4.69) is 5.32 Å². The third-order valence-electron chi connectivity index (χ3n) is 4.64. The summed E-state index contributed by atoms with van der Waals surface area (Å²) in [6.07, 6.45) is 0. The molecule has 0 aromatic heterocycles. The Bertz CT molecular complexity index is 1190. The van der Waals surface area contributed by atoms with Crippen molar-refractivity contribution in [2.45, 2.75) is 5.37 Å². The van der Waals surface area contributed by atoms with E-state index in [4.69, 9.17) is 23.2 Å². The number of nitrogens with zero attached hydrogens (tertiary/aromatic N) is 1. The summed E-state index contributed by atoms with van der Waals surface area (Å²) >= 11 is 13.3. The van der Waals surface area contributed by atoms with Gasteiger partial charge in [-0.15, -0.1) is 11.8 Å². The van der Waals surface area contributed by atoms with Crippen LogP contribution in [0.3, 0.4) is 0 Å². The smallest absolute Gasteiger partial charge is 0.257 e.